The minimum Gasteiger partial charge on any atom is -0.443 e. The van der Waals surface area contributed by atoms with Crippen molar-refractivity contribution in [1.29, 1.82) is 0 Å². The molecular formula is C20H18N4O2. The average Bonchev–Trinajstić information content (AvgIpc) is 3.31. The van der Waals surface area contributed by atoms with Gasteiger partial charge in [-0.2, -0.15) is 0 Å². The molecule has 26 heavy (non-hydrogen) atoms. The zero-order valence-corrected chi connectivity index (χ0v) is 14.0. The van der Waals surface area contributed by atoms with Crippen LogP contribution in [0.4, 0.5) is 5.69 Å². The monoisotopic (exact) mass is 346 g/mol. The summed E-state index contributed by atoms with van der Waals surface area (Å²) in [5, 5.41) is 3.83. The second kappa shape index (κ2) is 6.85. The molecule has 1 atom stereocenters. The van der Waals surface area contributed by atoms with Crippen LogP contribution in [0.5, 0.6) is 0 Å². The zero-order valence-electron chi connectivity index (χ0n) is 14.0. The molecule has 2 heterocycles. The highest BCUT2D eigenvalue weighted by molar-refractivity contribution is 5.97. The van der Waals surface area contributed by atoms with Crippen LogP contribution in [0.15, 0.2) is 71.5 Å². The molecule has 0 unspecified atom stereocenters. The predicted molar refractivity (Wildman–Crippen MR) is 101 cm³/mol. The number of amides is 1. The fraction of sp³-hybridized carbons (Fsp3) is 0.100. The van der Waals surface area contributed by atoms with Gasteiger partial charge in [-0.05, 0) is 36.2 Å². The normalized spacial score (nSPS) is 12.2. The van der Waals surface area contributed by atoms with Gasteiger partial charge in [0, 0.05) is 16.6 Å². The average molecular weight is 346 g/mol. The Bertz CT molecular complexity index is 1020. The van der Waals surface area contributed by atoms with E-state index in [2.05, 4.69) is 15.3 Å². The van der Waals surface area contributed by atoms with Crippen molar-refractivity contribution in [2.75, 3.05) is 5.32 Å². The van der Waals surface area contributed by atoms with Crippen molar-refractivity contribution < 1.29 is 9.21 Å². The van der Waals surface area contributed by atoms with Crippen LogP contribution in [0.2, 0.25) is 0 Å². The summed E-state index contributed by atoms with van der Waals surface area (Å²) in [6, 6.07) is 16.7. The second-order valence-corrected chi connectivity index (χ2v) is 6.11. The summed E-state index contributed by atoms with van der Waals surface area (Å²) >= 11 is 0. The molecule has 4 N–H and O–H groups in total. The van der Waals surface area contributed by atoms with Crippen molar-refractivity contribution in [1.82, 2.24) is 9.97 Å². The van der Waals surface area contributed by atoms with Crippen molar-refractivity contribution in [2.45, 2.75) is 12.5 Å². The molecule has 1 amide bonds. The first-order valence-electron chi connectivity index (χ1n) is 8.32. The molecule has 0 radical (unpaired) electrons. The van der Waals surface area contributed by atoms with Crippen LogP contribution in [0.3, 0.4) is 0 Å². The van der Waals surface area contributed by atoms with Crippen LogP contribution >= 0.6 is 0 Å². The smallest absolute Gasteiger partial charge is 0.242 e. The molecule has 6 nitrogen and oxygen atoms in total. The molecule has 2 aromatic heterocycles. The number of H-pyrrole nitrogens is 1. The number of rotatable bonds is 5. The molecule has 0 aliphatic rings. The minimum absolute atomic E-state index is 0.211. The lowest BCUT2D eigenvalue weighted by atomic mass is 10.1. The Hall–Kier alpha value is -3.38. The first-order valence-corrected chi connectivity index (χ1v) is 8.32. The molecule has 0 spiro atoms. The number of oxazole rings is 1. The number of hydrogen-bond donors (Lipinski definition) is 3. The molecular weight excluding hydrogens is 328 g/mol. The summed E-state index contributed by atoms with van der Waals surface area (Å²) < 4.78 is 5.30. The van der Waals surface area contributed by atoms with E-state index in [0.717, 1.165) is 22.2 Å². The van der Waals surface area contributed by atoms with E-state index in [9.17, 15) is 4.79 Å². The number of carbonyl (C=O) groups is 1. The predicted octanol–water partition coefficient (Wildman–Crippen LogP) is 3.33. The van der Waals surface area contributed by atoms with Crippen LogP contribution < -0.4 is 11.1 Å². The Morgan fingerprint density at radius 1 is 1.19 bits per heavy atom. The third kappa shape index (κ3) is 3.36. The lowest BCUT2D eigenvalue weighted by Gasteiger charge is -2.12. The Morgan fingerprint density at radius 2 is 2.04 bits per heavy atom. The summed E-state index contributed by atoms with van der Waals surface area (Å²) in [6.07, 6.45) is 3.62. The molecule has 4 rings (SSSR count). The number of aromatic nitrogens is 2. The lowest BCUT2D eigenvalue weighted by molar-refractivity contribution is -0.117. The topological polar surface area (TPSA) is 96.9 Å². The molecule has 0 bridgehead atoms. The maximum Gasteiger partial charge on any atom is 0.242 e. The number of carbonyl (C=O) groups excluding carboxylic acids is 1. The maximum atomic E-state index is 12.4. The standard InChI is InChI=1S/C20H18N4O2/c21-16(10-13-4-2-1-3-5-13)19(25)23-15-6-7-17-14(11-15)12-18(24-17)20-22-8-9-26-20/h1-9,11-12,16,24H,10,21H2,(H,23,25)/t16-/m0/s1. The SMILES string of the molecule is N[C@@H](Cc1ccccc1)C(=O)Nc1ccc2[nH]c(-c3ncco3)cc2c1. The molecule has 0 aliphatic heterocycles. The van der Waals surface area contributed by atoms with Crippen LogP contribution in [-0.2, 0) is 11.2 Å². The van der Waals surface area contributed by atoms with E-state index in [1.165, 1.54) is 6.26 Å². The van der Waals surface area contributed by atoms with E-state index in [0.29, 0.717) is 18.0 Å². The van der Waals surface area contributed by atoms with Gasteiger partial charge >= 0.3 is 0 Å². The van der Waals surface area contributed by atoms with Crippen LogP contribution in [0.25, 0.3) is 22.5 Å². The Morgan fingerprint density at radius 3 is 2.81 bits per heavy atom. The highest BCUT2D eigenvalue weighted by Gasteiger charge is 2.15. The van der Waals surface area contributed by atoms with E-state index in [1.807, 2.05) is 54.6 Å². The highest BCUT2D eigenvalue weighted by atomic mass is 16.3. The second-order valence-electron chi connectivity index (χ2n) is 6.11. The summed E-state index contributed by atoms with van der Waals surface area (Å²) in [6.45, 7) is 0. The van der Waals surface area contributed by atoms with Crippen LogP contribution in [0, 0.1) is 0 Å². The van der Waals surface area contributed by atoms with Gasteiger partial charge in [0.2, 0.25) is 11.8 Å². The van der Waals surface area contributed by atoms with Gasteiger partial charge in [0.15, 0.2) is 0 Å². The number of nitrogens with one attached hydrogen (secondary N) is 2. The summed E-state index contributed by atoms with van der Waals surface area (Å²) in [4.78, 5) is 19.7. The van der Waals surface area contributed by atoms with E-state index in [4.69, 9.17) is 10.2 Å². The van der Waals surface area contributed by atoms with Crippen molar-refractivity contribution in [3.05, 3.63) is 72.6 Å². The molecule has 0 saturated carbocycles. The first kappa shape index (κ1) is 16.1. The maximum absolute atomic E-state index is 12.4. The van der Waals surface area contributed by atoms with Crippen molar-refractivity contribution >= 4 is 22.5 Å². The largest absolute Gasteiger partial charge is 0.443 e. The fourth-order valence-corrected chi connectivity index (χ4v) is 2.88. The molecule has 2 aromatic carbocycles. The van der Waals surface area contributed by atoms with Crippen molar-refractivity contribution in [3.8, 4) is 11.6 Å². The van der Waals surface area contributed by atoms with Gasteiger partial charge in [-0.25, -0.2) is 4.98 Å². The Balaban J connectivity index is 1.49. The third-order valence-electron chi connectivity index (χ3n) is 4.19. The zero-order chi connectivity index (χ0) is 17.9. The number of nitrogens with zero attached hydrogens (tertiary/aromatic N) is 1. The fourth-order valence-electron chi connectivity index (χ4n) is 2.88. The number of nitrogens with two attached hydrogens (primary N) is 1. The Kier molecular flexibility index (Phi) is 4.25. The number of anilines is 1. The van der Waals surface area contributed by atoms with Gasteiger partial charge in [-0.15, -0.1) is 0 Å². The van der Waals surface area contributed by atoms with Gasteiger partial charge < -0.3 is 20.5 Å². The first-order chi connectivity index (χ1) is 12.7. The van der Waals surface area contributed by atoms with E-state index in [-0.39, 0.29) is 5.91 Å². The number of hydrogen-bond acceptors (Lipinski definition) is 4. The van der Waals surface area contributed by atoms with Crippen molar-refractivity contribution in [2.24, 2.45) is 5.73 Å². The van der Waals surface area contributed by atoms with E-state index in [1.54, 1.807) is 6.20 Å². The number of fused-ring (bicyclic) bond motifs is 1. The lowest BCUT2D eigenvalue weighted by Crippen LogP contribution is -2.37. The number of aromatic amines is 1. The third-order valence-corrected chi connectivity index (χ3v) is 4.19. The molecule has 0 saturated heterocycles. The van der Waals surface area contributed by atoms with E-state index >= 15 is 0 Å². The Labute approximate surface area is 150 Å². The van der Waals surface area contributed by atoms with Gasteiger partial charge in [-0.1, -0.05) is 30.3 Å². The summed E-state index contributed by atoms with van der Waals surface area (Å²) in [5.41, 5.74) is 9.49. The van der Waals surface area contributed by atoms with Crippen LogP contribution in [0.1, 0.15) is 5.56 Å². The molecule has 0 fully saturated rings. The van der Waals surface area contributed by atoms with Crippen LogP contribution in [-0.4, -0.2) is 21.9 Å². The summed E-state index contributed by atoms with van der Waals surface area (Å²) in [7, 11) is 0. The molecule has 0 aliphatic carbocycles. The minimum atomic E-state index is -0.609. The number of benzene rings is 2. The quantitative estimate of drug-likeness (QED) is 0.516. The highest BCUT2D eigenvalue weighted by Crippen LogP contribution is 2.25. The molecule has 6 heteroatoms. The van der Waals surface area contributed by atoms with E-state index < -0.39 is 6.04 Å². The van der Waals surface area contributed by atoms with Gasteiger partial charge in [0.05, 0.1) is 12.2 Å². The summed E-state index contributed by atoms with van der Waals surface area (Å²) in [5.74, 6) is 0.313. The molecule has 4 aromatic rings. The van der Waals surface area contributed by atoms with Crippen molar-refractivity contribution in [3.63, 3.8) is 0 Å². The molecule has 130 valence electrons. The van der Waals surface area contributed by atoms with Gasteiger partial charge in [-0.3, -0.25) is 4.79 Å². The van der Waals surface area contributed by atoms with Gasteiger partial charge in [0.1, 0.15) is 12.0 Å². The van der Waals surface area contributed by atoms with Gasteiger partial charge in [0.25, 0.3) is 0 Å².